The first kappa shape index (κ1) is 19.5. The van der Waals surface area contributed by atoms with Crippen molar-refractivity contribution in [1.82, 2.24) is 0 Å². The monoisotopic (exact) mass is 418 g/mol. The Morgan fingerprint density at radius 3 is 2.19 bits per heavy atom. The van der Waals surface area contributed by atoms with Crippen LogP contribution in [0.3, 0.4) is 0 Å². The summed E-state index contributed by atoms with van der Waals surface area (Å²) >= 11 is 0. The van der Waals surface area contributed by atoms with Gasteiger partial charge in [0.15, 0.2) is 0 Å². The first-order valence-corrected chi connectivity index (χ1v) is 11.5. The van der Waals surface area contributed by atoms with Gasteiger partial charge in [0, 0.05) is 0 Å². The van der Waals surface area contributed by atoms with Gasteiger partial charge in [0.2, 0.25) is 0 Å². The molecule has 1 atom stereocenters. The van der Waals surface area contributed by atoms with Gasteiger partial charge in [-0.25, -0.2) is 0 Å². The summed E-state index contributed by atoms with van der Waals surface area (Å²) < 4.78 is 11.3. The summed E-state index contributed by atoms with van der Waals surface area (Å²) in [6.07, 6.45) is 2.18. The lowest BCUT2D eigenvalue weighted by Crippen LogP contribution is -2.08. The second-order valence-electron chi connectivity index (χ2n) is 8.65. The number of benzene rings is 4. The van der Waals surface area contributed by atoms with Crippen LogP contribution in [0, 0.1) is 0 Å². The Morgan fingerprint density at radius 1 is 0.750 bits per heavy atom. The van der Waals surface area contributed by atoms with Crippen LogP contribution in [-0.4, -0.2) is 25.9 Å². The minimum Gasteiger partial charge on any atom is -0.378 e. The highest BCUT2D eigenvalue weighted by Gasteiger charge is 2.27. The van der Waals surface area contributed by atoms with Crippen molar-refractivity contribution in [3.63, 3.8) is 0 Å². The average molecular weight is 419 g/mol. The molecule has 32 heavy (non-hydrogen) atoms. The largest absolute Gasteiger partial charge is 0.378 e. The molecule has 0 radical (unpaired) electrons. The lowest BCUT2D eigenvalue weighted by molar-refractivity contribution is 0.119. The predicted octanol–water partition coefficient (Wildman–Crippen LogP) is 6.55. The second-order valence-corrected chi connectivity index (χ2v) is 8.65. The van der Waals surface area contributed by atoms with E-state index in [2.05, 4.69) is 91.0 Å². The highest BCUT2D eigenvalue weighted by atomic mass is 16.6. The zero-order chi connectivity index (χ0) is 21.3. The maximum atomic E-state index is 6.01. The lowest BCUT2D eigenvalue weighted by Gasteiger charge is -2.21. The first-order chi connectivity index (χ1) is 15.9. The normalized spacial score (nSPS) is 15.9. The quantitative estimate of drug-likeness (QED) is 0.221. The van der Waals surface area contributed by atoms with Gasteiger partial charge >= 0.3 is 0 Å². The molecule has 1 aliphatic carbocycles. The van der Waals surface area contributed by atoms with Gasteiger partial charge in [-0.1, -0.05) is 84.9 Å². The van der Waals surface area contributed by atoms with Crippen LogP contribution in [0.2, 0.25) is 0 Å². The van der Waals surface area contributed by atoms with Crippen LogP contribution >= 0.6 is 0 Å². The summed E-state index contributed by atoms with van der Waals surface area (Å²) in [5.41, 5.74) is 12.2. The van der Waals surface area contributed by atoms with Crippen LogP contribution in [0.5, 0.6) is 0 Å². The molecule has 1 heterocycles. The lowest BCUT2D eigenvalue weighted by atomic mass is 9.84. The van der Waals surface area contributed by atoms with Gasteiger partial charge in [0.1, 0.15) is 6.10 Å². The van der Waals surface area contributed by atoms with Crippen molar-refractivity contribution in [2.24, 2.45) is 0 Å². The number of hydrogen-bond acceptors (Lipinski definition) is 2. The summed E-state index contributed by atoms with van der Waals surface area (Å²) in [6, 6.07) is 32.9. The Bertz CT molecular complexity index is 1240. The minimum atomic E-state index is 0.300. The van der Waals surface area contributed by atoms with Gasteiger partial charge in [-0.2, -0.15) is 0 Å². The fourth-order valence-corrected chi connectivity index (χ4v) is 4.96. The van der Waals surface area contributed by atoms with Gasteiger partial charge in [0.25, 0.3) is 0 Å². The molecule has 1 saturated heterocycles. The molecule has 1 aliphatic heterocycles. The van der Waals surface area contributed by atoms with Crippen LogP contribution in [0.4, 0.5) is 0 Å². The van der Waals surface area contributed by atoms with E-state index in [1.807, 2.05) is 0 Å². The zero-order valence-electron chi connectivity index (χ0n) is 18.1. The van der Waals surface area contributed by atoms with Gasteiger partial charge in [-0.15, -0.1) is 0 Å². The Labute approximate surface area is 189 Å². The number of hydrogen-bond donors (Lipinski definition) is 0. The molecule has 1 fully saturated rings. The molecule has 1 unspecified atom stereocenters. The summed E-state index contributed by atoms with van der Waals surface area (Å²) in [5.74, 6) is 0. The van der Waals surface area contributed by atoms with Gasteiger partial charge in [-0.3, -0.25) is 0 Å². The van der Waals surface area contributed by atoms with Crippen molar-refractivity contribution >= 4 is 0 Å². The summed E-state index contributed by atoms with van der Waals surface area (Å²) in [4.78, 5) is 0. The fraction of sp³-hybridized carbons (Fsp3) is 0.200. The minimum absolute atomic E-state index is 0.300. The maximum absolute atomic E-state index is 6.01. The molecular formula is C30H26O2. The molecule has 2 nitrogen and oxygen atoms in total. The van der Waals surface area contributed by atoms with E-state index in [1.165, 1.54) is 50.1 Å². The van der Waals surface area contributed by atoms with Gasteiger partial charge in [0.05, 0.1) is 19.8 Å². The highest BCUT2D eigenvalue weighted by molar-refractivity contribution is 5.93. The molecule has 0 spiro atoms. The Morgan fingerprint density at radius 2 is 1.44 bits per heavy atom. The van der Waals surface area contributed by atoms with E-state index in [1.54, 1.807) is 0 Å². The number of ether oxygens (including phenoxy) is 2. The summed E-state index contributed by atoms with van der Waals surface area (Å²) in [5, 5.41) is 0. The highest BCUT2D eigenvalue weighted by Crippen LogP contribution is 2.46. The Balaban J connectivity index is 1.54. The van der Waals surface area contributed by atoms with Crippen LogP contribution in [0.25, 0.3) is 33.4 Å². The zero-order valence-corrected chi connectivity index (χ0v) is 18.1. The van der Waals surface area contributed by atoms with Crippen molar-refractivity contribution < 1.29 is 9.47 Å². The van der Waals surface area contributed by atoms with E-state index < -0.39 is 0 Å². The Kier molecular flexibility index (Phi) is 5.10. The molecule has 0 saturated carbocycles. The van der Waals surface area contributed by atoms with Gasteiger partial charge in [-0.05, 0) is 69.0 Å². The SMILES string of the molecule is c1ccc(-c2cc3c(c(CCOCC4CO4)c2-c2ccccc2)Cc2ccccc2-3)cc1. The second kappa shape index (κ2) is 8.38. The Hall–Kier alpha value is -3.20. The van der Waals surface area contributed by atoms with Crippen molar-refractivity contribution in [2.45, 2.75) is 18.9 Å². The molecule has 4 aromatic rings. The molecule has 2 heteroatoms. The van der Waals surface area contributed by atoms with E-state index >= 15 is 0 Å². The van der Waals surface area contributed by atoms with Gasteiger partial charge < -0.3 is 9.47 Å². The van der Waals surface area contributed by atoms with Crippen molar-refractivity contribution in [1.29, 1.82) is 0 Å². The molecule has 0 N–H and O–H groups in total. The maximum Gasteiger partial charge on any atom is 0.104 e. The molecule has 0 bridgehead atoms. The number of rotatable bonds is 7. The number of epoxide rings is 1. The molecule has 6 rings (SSSR count). The van der Waals surface area contributed by atoms with Crippen LogP contribution in [0.1, 0.15) is 16.7 Å². The smallest absolute Gasteiger partial charge is 0.104 e. The van der Waals surface area contributed by atoms with Crippen LogP contribution in [-0.2, 0) is 22.3 Å². The van der Waals surface area contributed by atoms with Crippen molar-refractivity contribution in [3.05, 3.63) is 108 Å². The van der Waals surface area contributed by atoms with Crippen molar-refractivity contribution in [2.75, 3.05) is 19.8 Å². The molecular weight excluding hydrogens is 392 g/mol. The third kappa shape index (κ3) is 3.66. The first-order valence-electron chi connectivity index (χ1n) is 11.5. The van der Waals surface area contributed by atoms with E-state index in [-0.39, 0.29) is 0 Å². The molecule has 4 aromatic carbocycles. The fourth-order valence-electron chi connectivity index (χ4n) is 4.96. The third-order valence-electron chi connectivity index (χ3n) is 6.57. The molecule has 158 valence electrons. The van der Waals surface area contributed by atoms with Crippen LogP contribution < -0.4 is 0 Å². The predicted molar refractivity (Wildman–Crippen MR) is 130 cm³/mol. The standard InChI is InChI=1S/C30H26O2/c1-3-9-21(10-4-1)27-18-29-25-14-8-7-13-23(25)17-28(29)26(15-16-31-19-24-20-32-24)30(27)22-11-5-2-6-12-22/h1-14,18,24H,15-17,19-20H2. The van der Waals surface area contributed by atoms with E-state index in [9.17, 15) is 0 Å². The molecule has 2 aliphatic rings. The van der Waals surface area contributed by atoms with E-state index in [0.29, 0.717) is 19.3 Å². The molecule has 0 aromatic heterocycles. The van der Waals surface area contributed by atoms with Crippen molar-refractivity contribution in [3.8, 4) is 33.4 Å². The number of fused-ring (bicyclic) bond motifs is 3. The average Bonchev–Trinajstić information content (AvgIpc) is 3.61. The summed E-state index contributed by atoms with van der Waals surface area (Å²) in [7, 11) is 0. The summed E-state index contributed by atoms with van der Waals surface area (Å²) in [6.45, 7) is 2.24. The molecule has 0 amide bonds. The van der Waals surface area contributed by atoms with E-state index in [4.69, 9.17) is 9.47 Å². The third-order valence-corrected chi connectivity index (χ3v) is 6.57. The topological polar surface area (TPSA) is 21.8 Å². The van der Waals surface area contributed by atoms with E-state index in [0.717, 1.165) is 19.4 Å². The van der Waals surface area contributed by atoms with Crippen LogP contribution in [0.15, 0.2) is 91.0 Å².